The number of aryl methyl sites for hydroxylation is 1. The van der Waals surface area contributed by atoms with Crippen LogP contribution in [0.5, 0.6) is 5.75 Å². The summed E-state index contributed by atoms with van der Waals surface area (Å²) in [6, 6.07) is 34.8. The summed E-state index contributed by atoms with van der Waals surface area (Å²) in [6.07, 6.45) is 24.0. The van der Waals surface area contributed by atoms with E-state index in [-0.39, 0.29) is 47.5 Å². The Labute approximate surface area is 739 Å². The summed E-state index contributed by atoms with van der Waals surface area (Å²) in [6.45, 7) is 19.2. The quantitative estimate of drug-likeness (QED) is 0.0370. The molecule has 7 N–H and O–H groups in total. The fraction of sp³-hybridized carbons (Fsp3) is 0.337. The van der Waals surface area contributed by atoms with Gasteiger partial charge in [-0.15, -0.1) is 0 Å². The number of hydrogen-bond acceptors (Lipinski definition) is 27. The normalized spacial score (nSPS) is 15.6. The molecule has 658 valence electrons. The minimum absolute atomic E-state index is 0.0311. The average molecular weight is 1850 g/mol. The molecule has 1 aromatic carbocycles. The zero-order valence-corrected chi connectivity index (χ0v) is 76.1. The molecule has 13 aromatic rings. The van der Waals surface area contributed by atoms with Gasteiger partial charge in [-0.1, -0.05) is 17.7 Å². The number of amides is 4. The van der Waals surface area contributed by atoms with Crippen molar-refractivity contribution < 1.29 is 56.6 Å². The maximum Gasteiger partial charge on any atom is 0.339 e. The second-order valence-electron chi connectivity index (χ2n) is 35.2. The predicted octanol–water partition coefficient (Wildman–Crippen LogP) is 13.5. The standard InChI is InChI=1S/C29H31N7O4.C24H23N7O2.C22H28N5O3.C14H12N2O3S.3CH3.Sn/c1-29(2,3)40-28(39)35-17-21-25(27(35)38)22(16-31-26(21)20-8-11-32-36-12-4-5-23(20)36)33-24-7-6-18(15-30-24)34-13-9-19(37)10-14-34;32-16-6-10-30(11-7-16)15-3-4-21(25-12-15)29-19-14-26-23(18-13-27-24(33)22(18)19)17-5-8-28-31-9-1-2-20(17)31;1-22(2,3)30-21(29)27-13-15-10-23-12-19(18(15)14-27)25-20-5-4-16(11-24-20)26-8-6-17(28)7-9-26;1-11-4-6-12(7-5-11)20(17,18)19-14-8-9-15-16-10-2-3-13(14)16;;;;/h4-8,11-12,15-16,19,37H,9-10,13-14,17H2,1-3H3,(H,30,33);1-5,8-9,12,14,16,32H,6-7,10-11,13H2,(H,25,29)(H,27,33);4-5,11-12,17,28H,6-9,13-14H2,1-3H3,(H,24,25);2-10H,1H3;3*1H3;. The van der Waals surface area contributed by atoms with Crippen molar-refractivity contribution in [3.63, 3.8) is 0 Å². The number of carbonyl (C=O) groups excluding carboxylic acids is 4. The number of pyridine rings is 6. The van der Waals surface area contributed by atoms with Crippen molar-refractivity contribution >= 4 is 124 Å². The summed E-state index contributed by atoms with van der Waals surface area (Å²) in [5.74, 6) is 1.60. The van der Waals surface area contributed by atoms with Gasteiger partial charge < -0.3 is 50.0 Å². The van der Waals surface area contributed by atoms with Crippen molar-refractivity contribution in [2.45, 2.75) is 162 Å². The predicted molar refractivity (Wildman–Crippen MR) is 486 cm³/mol. The molecule has 6 aliphatic rings. The molecule has 18 heterocycles. The number of nitrogens with one attached hydrogen (secondary N) is 4. The zero-order valence-electron chi connectivity index (χ0n) is 72.5. The van der Waals surface area contributed by atoms with Crippen molar-refractivity contribution in [3.8, 4) is 28.3 Å². The number of hydrogen-bond donors (Lipinski definition) is 7. The molecule has 0 bridgehead atoms. The summed E-state index contributed by atoms with van der Waals surface area (Å²) < 4.78 is 47.2. The molecule has 33 nitrogen and oxygen atoms in total. The van der Waals surface area contributed by atoms with Crippen molar-refractivity contribution in [3.05, 3.63) is 229 Å². The van der Waals surface area contributed by atoms with Crippen molar-refractivity contribution in [2.75, 3.05) is 69.9 Å². The fourth-order valence-electron chi connectivity index (χ4n) is 16.2. The van der Waals surface area contributed by atoms with Crippen LogP contribution < -0.4 is 43.9 Å². The van der Waals surface area contributed by atoms with E-state index >= 15 is 0 Å². The Morgan fingerprint density at radius 3 is 1.39 bits per heavy atom. The Balaban J connectivity index is 0.000000127. The molecule has 3 saturated heterocycles. The van der Waals surface area contributed by atoms with E-state index in [1.54, 1.807) is 101 Å². The van der Waals surface area contributed by atoms with Crippen LogP contribution in [-0.2, 0) is 45.8 Å². The van der Waals surface area contributed by atoms with Crippen molar-refractivity contribution in [1.82, 2.24) is 73.9 Å². The molecule has 6 aliphatic heterocycles. The van der Waals surface area contributed by atoms with E-state index in [0.717, 1.165) is 156 Å². The topological polar surface area (TPSA) is 384 Å². The van der Waals surface area contributed by atoms with Crippen LogP contribution in [0.15, 0.2) is 195 Å². The molecule has 0 atom stereocenters. The second kappa shape index (κ2) is 36.6. The van der Waals surface area contributed by atoms with Crippen molar-refractivity contribution in [1.29, 1.82) is 0 Å². The molecular formula is C92H103N21O12SSn. The van der Waals surface area contributed by atoms with Gasteiger partial charge in [-0.05, 0) is 138 Å². The van der Waals surface area contributed by atoms with E-state index in [1.807, 2.05) is 125 Å². The van der Waals surface area contributed by atoms with Crippen LogP contribution in [0.3, 0.4) is 0 Å². The van der Waals surface area contributed by atoms with Crippen LogP contribution in [0.2, 0.25) is 14.8 Å². The molecule has 0 unspecified atom stereocenters. The number of piperidine rings is 3. The van der Waals surface area contributed by atoms with Gasteiger partial charge in [0, 0.05) is 92.0 Å². The van der Waals surface area contributed by atoms with E-state index in [1.165, 1.54) is 33.7 Å². The Morgan fingerprint density at radius 2 is 0.913 bits per heavy atom. The summed E-state index contributed by atoms with van der Waals surface area (Å²) >= 11 is -2.50. The summed E-state index contributed by atoms with van der Waals surface area (Å²) in [7, 11) is -3.84. The van der Waals surface area contributed by atoms with E-state index < -0.39 is 51.7 Å². The third-order valence-electron chi connectivity index (χ3n) is 22.6. The second-order valence-corrected chi connectivity index (χ2v) is 50.9. The Hall–Kier alpha value is -12.9. The molecule has 35 heteroatoms. The summed E-state index contributed by atoms with van der Waals surface area (Å²) in [5, 5.41) is 54.9. The van der Waals surface area contributed by atoms with Crippen LogP contribution in [0.4, 0.5) is 61.2 Å². The summed E-state index contributed by atoms with van der Waals surface area (Å²) in [5.41, 5.74) is 14.9. The van der Waals surface area contributed by atoms with Crippen LogP contribution in [0.25, 0.3) is 39.1 Å². The number of benzene rings is 1. The molecule has 0 aliphatic carbocycles. The van der Waals surface area contributed by atoms with E-state index in [0.29, 0.717) is 70.5 Å². The van der Waals surface area contributed by atoms with E-state index in [2.05, 4.69) is 87.1 Å². The van der Waals surface area contributed by atoms with Gasteiger partial charge in [0.15, 0.2) is 5.75 Å². The number of rotatable bonds is 15. The minimum atomic E-state index is -3.84. The van der Waals surface area contributed by atoms with E-state index in [9.17, 15) is 42.9 Å². The number of aliphatic hydroxyl groups is 3. The first-order valence-corrected chi connectivity index (χ1v) is 53.8. The molecule has 0 saturated carbocycles. The zero-order chi connectivity index (χ0) is 89.2. The first-order valence-electron chi connectivity index (χ1n) is 42.4. The van der Waals surface area contributed by atoms with Gasteiger partial charge >= 0.3 is 212 Å². The minimum Gasteiger partial charge on any atom is -0.393 e. The van der Waals surface area contributed by atoms with Gasteiger partial charge in [-0.25, -0.2) is 33.2 Å². The monoisotopic (exact) mass is 1850 g/mol. The maximum atomic E-state index is 13.7. The Bertz CT molecular complexity index is 6330. The van der Waals surface area contributed by atoms with Gasteiger partial charge in [0.1, 0.15) is 27.6 Å². The first-order chi connectivity index (χ1) is 60.8. The van der Waals surface area contributed by atoms with Crippen LogP contribution in [0, 0.1) is 6.92 Å². The third-order valence-corrected chi connectivity index (χ3v) is 29.1. The van der Waals surface area contributed by atoms with Crippen molar-refractivity contribution in [2.24, 2.45) is 0 Å². The number of aliphatic hydroxyl groups excluding tert-OH is 3. The van der Waals surface area contributed by atoms with Gasteiger partial charge in [0.05, 0.1) is 112 Å². The number of anilines is 9. The fourth-order valence-corrected chi connectivity index (χ4v) is 21.6. The first kappa shape index (κ1) is 87.6. The largest absolute Gasteiger partial charge is 0.393 e. The van der Waals surface area contributed by atoms with Crippen LogP contribution in [0.1, 0.15) is 129 Å². The molecule has 0 spiro atoms. The molecule has 127 heavy (non-hydrogen) atoms. The molecule has 19 rings (SSSR count). The van der Waals surface area contributed by atoms with Crippen LogP contribution >= 0.6 is 0 Å². The van der Waals surface area contributed by atoms with Gasteiger partial charge in [0.2, 0.25) is 0 Å². The maximum absolute atomic E-state index is 13.7. The molecule has 0 radical (unpaired) electrons. The Kier molecular flexibility index (Phi) is 25.2. The molecule has 3 fully saturated rings. The van der Waals surface area contributed by atoms with E-state index in [4.69, 9.17) is 28.6 Å². The third kappa shape index (κ3) is 20.0. The smallest absolute Gasteiger partial charge is 0.339 e. The Morgan fingerprint density at radius 1 is 0.480 bits per heavy atom. The van der Waals surface area contributed by atoms with Crippen LogP contribution in [-0.4, -0.2) is 203 Å². The molecule has 12 aromatic heterocycles. The number of fused-ring (bicyclic) bond motifs is 6. The average Bonchev–Trinajstić information content (AvgIpc) is 1.61. The molecular weight excluding hydrogens is 1740 g/mol. The number of aromatic nitrogens is 12. The van der Waals surface area contributed by atoms with Gasteiger partial charge in [0.25, 0.3) is 11.8 Å². The summed E-state index contributed by atoms with van der Waals surface area (Å²) in [4.78, 5) is 97.1. The number of imide groups is 1. The molecule has 4 amide bonds. The number of ether oxygens (including phenoxy) is 2. The number of carbonyl (C=O) groups is 4. The van der Waals surface area contributed by atoms with Gasteiger partial charge in [-0.2, -0.15) is 23.7 Å². The SMILES string of the molecule is CC(C)(C)OC(=O)N1Cc2c(-c3ccnn4cccc34)ncc(Nc3ccc(N4CCC(O)CC4)cn3)c2C1=O.CC(C)(C)OC(=O)N1Cc2c(Nc3ccc(N4CCC(O)CC4)cn3)cn[c]([Sn]([CH3])([CH3])[CH3])c2C1.Cc1ccc(S(=O)(=O)Oc2ccnn3cccc23)cc1.O=C1NCc2c(-c3ccnn4cccc34)ncc(Nc3ccc(N4CCC(O)CC4)cn3)c21. The number of nitrogens with zero attached hydrogens (tertiary/aromatic N) is 17. The van der Waals surface area contributed by atoms with Gasteiger partial charge in [-0.3, -0.25) is 19.6 Å².